The van der Waals surface area contributed by atoms with E-state index >= 15 is 0 Å². The molecule has 144 valence electrons. The number of para-hydroxylation sites is 1. The molecule has 4 atom stereocenters. The molecule has 0 radical (unpaired) electrons. The fourth-order valence-corrected chi connectivity index (χ4v) is 5.25. The molecule has 1 aromatic rings. The molecule has 3 aliphatic rings. The quantitative estimate of drug-likeness (QED) is 0.815. The smallest absolute Gasteiger partial charge is 0.323 e. The minimum atomic E-state index is -0.857. The van der Waals surface area contributed by atoms with Gasteiger partial charge >= 0.3 is 6.03 Å². The van der Waals surface area contributed by atoms with Gasteiger partial charge in [-0.3, -0.25) is 14.5 Å². The molecule has 1 aromatic carbocycles. The highest BCUT2D eigenvalue weighted by atomic mass is 16.2. The third-order valence-electron chi connectivity index (χ3n) is 6.76. The molecule has 1 N–H and O–H groups in total. The molecule has 4 amide bonds. The van der Waals surface area contributed by atoms with Crippen LogP contribution in [-0.4, -0.2) is 40.9 Å². The summed E-state index contributed by atoms with van der Waals surface area (Å²) < 4.78 is 0. The molecule has 4 rings (SSSR count). The van der Waals surface area contributed by atoms with E-state index in [1.165, 1.54) is 0 Å². The second kappa shape index (κ2) is 6.36. The van der Waals surface area contributed by atoms with Gasteiger partial charge < -0.3 is 10.2 Å². The Kier molecular flexibility index (Phi) is 4.24. The highest BCUT2D eigenvalue weighted by Crippen LogP contribution is 2.42. The van der Waals surface area contributed by atoms with Crippen molar-refractivity contribution < 1.29 is 14.4 Å². The molecule has 0 aromatic heterocycles. The fourth-order valence-electron chi connectivity index (χ4n) is 5.25. The van der Waals surface area contributed by atoms with Crippen LogP contribution in [0.25, 0.3) is 0 Å². The maximum atomic E-state index is 13.3. The van der Waals surface area contributed by atoms with Crippen LogP contribution in [0.15, 0.2) is 24.3 Å². The van der Waals surface area contributed by atoms with Gasteiger partial charge in [0.1, 0.15) is 12.1 Å². The lowest BCUT2D eigenvalue weighted by Crippen LogP contribution is -2.59. The van der Waals surface area contributed by atoms with E-state index in [1.807, 2.05) is 45.0 Å². The Morgan fingerprint density at radius 1 is 1.15 bits per heavy atom. The topological polar surface area (TPSA) is 69.7 Å². The average molecular weight is 369 g/mol. The number of carbonyl (C=O) groups is 3. The lowest BCUT2D eigenvalue weighted by atomic mass is 9.67. The van der Waals surface area contributed by atoms with Gasteiger partial charge in [-0.1, -0.05) is 38.5 Å². The zero-order chi connectivity index (χ0) is 19.3. The van der Waals surface area contributed by atoms with Crippen LogP contribution < -0.4 is 10.2 Å². The number of hydrogen-bond acceptors (Lipinski definition) is 3. The zero-order valence-electron chi connectivity index (χ0n) is 16.2. The van der Waals surface area contributed by atoms with E-state index in [9.17, 15) is 14.4 Å². The molecule has 1 aliphatic carbocycles. The number of benzene rings is 1. The number of nitrogens with zero attached hydrogens (tertiary/aromatic N) is 2. The van der Waals surface area contributed by atoms with Gasteiger partial charge in [0.15, 0.2) is 0 Å². The highest BCUT2D eigenvalue weighted by molar-refractivity contribution is 6.11. The molecule has 2 fully saturated rings. The van der Waals surface area contributed by atoms with Gasteiger partial charge in [0.2, 0.25) is 5.91 Å². The number of amides is 4. The largest absolute Gasteiger partial charge is 0.325 e. The van der Waals surface area contributed by atoms with Crippen molar-refractivity contribution in [3.8, 4) is 0 Å². The Balaban J connectivity index is 1.57. The molecule has 1 saturated heterocycles. The van der Waals surface area contributed by atoms with E-state index in [0.29, 0.717) is 0 Å². The third-order valence-corrected chi connectivity index (χ3v) is 6.76. The van der Waals surface area contributed by atoms with Crippen molar-refractivity contribution in [2.75, 3.05) is 11.4 Å². The molecule has 2 aliphatic heterocycles. The summed E-state index contributed by atoms with van der Waals surface area (Å²) in [7, 11) is 0. The number of rotatable bonds is 2. The van der Waals surface area contributed by atoms with Crippen molar-refractivity contribution in [1.29, 1.82) is 0 Å². The van der Waals surface area contributed by atoms with E-state index in [4.69, 9.17) is 0 Å². The Morgan fingerprint density at radius 2 is 1.81 bits per heavy atom. The molecule has 0 bridgehead atoms. The number of anilines is 1. The minimum Gasteiger partial charge on any atom is -0.323 e. The summed E-state index contributed by atoms with van der Waals surface area (Å²) in [6, 6.07) is 7.41. The number of urea groups is 1. The van der Waals surface area contributed by atoms with E-state index < -0.39 is 11.6 Å². The van der Waals surface area contributed by atoms with E-state index in [-0.39, 0.29) is 36.2 Å². The molecule has 27 heavy (non-hydrogen) atoms. The molecular weight excluding hydrogens is 342 g/mol. The highest BCUT2D eigenvalue weighted by Gasteiger charge is 2.58. The van der Waals surface area contributed by atoms with Gasteiger partial charge in [0.25, 0.3) is 5.91 Å². The molecule has 1 spiro atoms. The van der Waals surface area contributed by atoms with Crippen LogP contribution in [0.1, 0.15) is 45.6 Å². The fraction of sp³-hybridized carbons (Fsp3) is 0.571. The van der Waals surface area contributed by atoms with Gasteiger partial charge in [-0.2, -0.15) is 0 Å². The van der Waals surface area contributed by atoms with Crippen molar-refractivity contribution in [2.45, 2.75) is 58.0 Å². The standard InChI is InChI=1S/C21H27N3O3/c1-13-7-6-8-14(2)21(13)19(26)23(20(27)22-21)12-18(25)24-15(3)11-16-9-4-5-10-17(16)24/h4-5,9-10,13-15H,6-8,11-12H2,1-3H3,(H,22,27)/t13-,14+,15-,21?/m0/s1. The van der Waals surface area contributed by atoms with Crippen molar-refractivity contribution in [2.24, 2.45) is 11.8 Å². The first-order chi connectivity index (χ1) is 12.9. The monoisotopic (exact) mass is 369 g/mol. The van der Waals surface area contributed by atoms with Crippen molar-refractivity contribution in [3.63, 3.8) is 0 Å². The molecule has 6 heteroatoms. The summed E-state index contributed by atoms with van der Waals surface area (Å²) in [6.07, 6.45) is 3.68. The van der Waals surface area contributed by atoms with Gasteiger partial charge in [-0.05, 0) is 49.7 Å². The number of nitrogens with one attached hydrogen (secondary N) is 1. The van der Waals surface area contributed by atoms with Crippen LogP contribution in [0.4, 0.5) is 10.5 Å². The first-order valence-corrected chi connectivity index (χ1v) is 9.90. The van der Waals surface area contributed by atoms with Crippen LogP contribution >= 0.6 is 0 Å². The third kappa shape index (κ3) is 2.57. The molecule has 6 nitrogen and oxygen atoms in total. The first-order valence-electron chi connectivity index (χ1n) is 9.90. The Morgan fingerprint density at radius 3 is 2.52 bits per heavy atom. The predicted octanol–water partition coefficient (Wildman–Crippen LogP) is 2.71. The van der Waals surface area contributed by atoms with Gasteiger partial charge in [0.05, 0.1) is 0 Å². The average Bonchev–Trinajstić information content (AvgIpc) is 3.09. The Bertz CT molecular complexity index is 796. The lowest BCUT2D eigenvalue weighted by molar-refractivity contribution is -0.138. The summed E-state index contributed by atoms with van der Waals surface area (Å²) in [4.78, 5) is 41.8. The number of carbonyl (C=O) groups excluding carboxylic acids is 3. The van der Waals surface area contributed by atoms with E-state index in [0.717, 1.165) is 41.8 Å². The van der Waals surface area contributed by atoms with Gasteiger partial charge in [0, 0.05) is 11.7 Å². The molecule has 1 saturated carbocycles. The van der Waals surface area contributed by atoms with Gasteiger partial charge in [-0.25, -0.2) is 4.79 Å². The van der Waals surface area contributed by atoms with E-state index in [1.54, 1.807) is 4.90 Å². The Hall–Kier alpha value is -2.37. The maximum absolute atomic E-state index is 13.3. The Labute approximate surface area is 159 Å². The maximum Gasteiger partial charge on any atom is 0.325 e. The predicted molar refractivity (Wildman–Crippen MR) is 102 cm³/mol. The van der Waals surface area contributed by atoms with Crippen LogP contribution in [0.3, 0.4) is 0 Å². The number of hydrogen-bond donors (Lipinski definition) is 1. The van der Waals surface area contributed by atoms with Crippen molar-refractivity contribution in [3.05, 3.63) is 29.8 Å². The zero-order valence-corrected chi connectivity index (χ0v) is 16.2. The lowest BCUT2D eigenvalue weighted by Gasteiger charge is -2.42. The summed E-state index contributed by atoms with van der Waals surface area (Å²) in [5.41, 5.74) is 1.15. The normalized spacial score (nSPS) is 32.8. The van der Waals surface area contributed by atoms with Crippen LogP contribution in [-0.2, 0) is 16.0 Å². The SMILES string of the molecule is C[C@@H]1CCC[C@H](C)C12NC(=O)N(CC(=O)N1c3ccccc3C[C@@H]1C)C2=O. The summed E-state index contributed by atoms with van der Waals surface area (Å²) >= 11 is 0. The molecule has 1 unspecified atom stereocenters. The van der Waals surface area contributed by atoms with Crippen molar-refractivity contribution >= 4 is 23.5 Å². The summed E-state index contributed by atoms with van der Waals surface area (Å²) in [5.74, 6) is -0.293. The molecular formula is C21H27N3O3. The van der Waals surface area contributed by atoms with Crippen LogP contribution in [0, 0.1) is 11.8 Å². The summed E-state index contributed by atoms with van der Waals surface area (Å²) in [5, 5.41) is 2.96. The second-order valence-corrected chi connectivity index (χ2v) is 8.37. The van der Waals surface area contributed by atoms with Gasteiger partial charge in [-0.15, -0.1) is 0 Å². The first kappa shape index (κ1) is 18.0. The van der Waals surface area contributed by atoms with Crippen molar-refractivity contribution in [1.82, 2.24) is 10.2 Å². The molecule has 2 heterocycles. The summed E-state index contributed by atoms with van der Waals surface area (Å²) in [6.45, 7) is 5.84. The van der Waals surface area contributed by atoms with Crippen LogP contribution in [0.2, 0.25) is 0 Å². The number of imide groups is 1. The van der Waals surface area contributed by atoms with E-state index in [2.05, 4.69) is 5.32 Å². The second-order valence-electron chi connectivity index (χ2n) is 8.37. The minimum absolute atomic E-state index is 0.0251. The van der Waals surface area contributed by atoms with Crippen LogP contribution in [0.5, 0.6) is 0 Å². The number of fused-ring (bicyclic) bond motifs is 1.